The maximum atomic E-state index is 14.4. The summed E-state index contributed by atoms with van der Waals surface area (Å²) in [5.74, 6) is -0.567. The van der Waals surface area contributed by atoms with Gasteiger partial charge in [-0.15, -0.1) is 0 Å². The lowest BCUT2D eigenvalue weighted by Gasteiger charge is -2.29. The highest BCUT2D eigenvalue weighted by Crippen LogP contribution is 2.50. The van der Waals surface area contributed by atoms with Gasteiger partial charge in [0.2, 0.25) is 0 Å². The average molecular weight is 402 g/mol. The minimum absolute atomic E-state index is 0.0809. The molecule has 3 heterocycles. The predicted molar refractivity (Wildman–Crippen MR) is 98.7 cm³/mol. The van der Waals surface area contributed by atoms with Crippen molar-refractivity contribution in [3.05, 3.63) is 51.9 Å². The van der Waals surface area contributed by atoms with Crippen LogP contribution < -0.4 is 0 Å². The van der Waals surface area contributed by atoms with Crippen LogP contribution in [0.1, 0.15) is 43.7 Å². The summed E-state index contributed by atoms with van der Waals surface area (Å²) >= 11 is 6.44. The number of pyridine rings is 1. The van der Waals surface area contributed by atoms with Crippen LogP contribution in [0.5, 0.6) is 0 Å². The van der Waals surface area contributed by atoms with E-state index in [1.807, 2.05) is 6.07 Å². The van der Waals surface area contributed by atoms with Crippen molar-refractivity contribution in [3.8, 4) is 17.3 Å². The summed E-state index contributed by atoms with van der Waals surface area (Å²) in [6, 6.07) is 7.74. The molecule has 4 rings (SSSR count). The van der Waals surface area contributed by atoms with E-state index in [1.54, 1.807) is 20.8 Å². The molecule has 6 nitrogen and oxygen atoms in total. The third-order valence-corrected chi connectivity index (χ3v) is 4.80. The number of benzene rings is 1. The van der Waals surface area contributed by atoms with E-state index in [0.717, 1.165) is 0 Å². The molecule has 1 aromatic carbocycles. The van der Waals surface area contributed by atoms with Gasteiger partial charge in [0, 0.05) is 5.56 Å². The molecule has 0 radical (unpaired) electrons. The number of nitrogens with zero attached hydrogens (tertiary/aromatic N) is 3. The van der Waals surface area contributed by atoms with Gasteiger partial charge in [-0.3, -0.25) is 9.88 Å². The Hall–Kier alpha value is -2.69. The average Bonchev–Trinajstić information content (AvgIpc) is 3.39. The normalized spacial score (nSPS) is 20.1. The van der Waals surface area contributed by atoms with E-state index in [0.29, 0.717) is 16.3 Å². The molecule has 0 N–H and O–H groups in total. The molecule has 0 bridgehead atoms. The minimum Gasteiger partial charge on any atom is -0.444 e. The fourth-order valence-corrected chi connectivity index (χ4v) is 3.61. The standard InChI is InChI=1S/C20H17ClFN3O3/c1-20(2,3)28-19(26)25-9-14-16(17-18(25)27-17)11(21)7-13(24-14)15-10(8-23)5-4-6-12(15)22/h4-7,17-18H,9H2,1-3H3. The number of carbonyl (C=O) groups is 1. The Balaban J connectivity index is 1.75. The maximum Gasteiger partial charge on any atom is 0.412 e. The minimum atomic E-state index is -0.649. The molecule has 2 aliphatic rings. The Labute approximate surface area is 166 Å². The van der Waals surface area contributed by atoms with Crippen molar-refractivity contribution in [2.24, 2.45) is 0 Å². The monoisotopic (exact) mass is 401 g/mol. The first-order chi connectivity index (χ1) is 13.2. The van der Waals surface area contributed by atoms with Gasteiger partial charge in [0.1, 0.15) is 17.5 Å². The number of nitriles is 1. The summed E-state index contributed by atoms with van der Waals surface area (Å²) in [5.41, 5.74) is 1.01. The molecule has 28 heavy (non-hydrogen) atoms. The summed E-state index contributed by atoms with van der Waals surface area (Å²) in [7, 11) is 0. The third-order valence-electron chi connectivity index (χ3n) is 4.49. The van der Waals surface area contributed by atoms with Crippen LogP contribution in [-0.4, -0.2) is 27.8 Å². The van der Waals surface area contributed by atoms with Crippen molar-refractivity contribution in [1.29, 1.82) is 5.26 Å². The van der Waals surface area contributed by atoms with E-state index < -0.39 is 23.7 Å². The first-order valence-electron chi connectivity index (χ1n) is 8.73. The first-order valence-corrected chi connectivity index (χ1v) is 9.11. The van der Waals surface area contributed by atoms with Gasteiger partial charge < -0.3 is 9.47 Å². The number of hydrogen-bond acceptors (Lipinski definition) is 5. The molecule has 8 heteroatoms. The molecular weight excluding hydrogens is 385 g/mol. The smallest absolute Gasteiger partial charge is 0.412 e. The Morgan fingerprint density at radius 2 is 2.21 bits per heavy atom. The van der Waals surface area contributed by atoms with Crippen molar-refractivity contribution < 1.29 is 18.7 Å². The van der Waals surface area contributed by atoms with Crippen LogP contribution in [0.3, 0.4) is 0 Å². The van der Waals surface area contributed by atoms with E-state index in [4.69, 9.17) is 21.1 Å². The summed E-state index contributed by atoms with van der Waals surface area (Å²) in [6.07, 6.45) is -1.35. The second-order valence-electron chi connectivity index (χ2n) is 7.68. The fraction of sp³-hybridized carbons (Fsp3) is 0.350. The number of fused-ring (bicyclic) bond motifs is 3. The molecule has 0 spiro atoms. The second-order valence-corrected chi connectivity index (χ2v) is 8.09. The van der Waals surface area contributed by atoms with Crippen molar-refractivity contribution in [1.82, 2.24) is 9.88 Å². The molecule has 0 aliphatic carbocycles. The van der Waals surface area contributed by atoms with Crippen LogP contribution >= 0.6 is 11.6 Å². The molecule has 2 aromatic rings. The number of epoxide rings is 1. The molecule has 2 unspecified atom stereocenters. The summed E-state index contributed by atoms with van der Waals surface area (Å²) in [4.78, 5) is 18.5. The number of aromatic nitrogens is 1. The van der Waals surface area contributed by atoms with Crippen LogP contribution in [0.25, 0.3) is 11.3 Å². The molecule has 144 valence electrons. The topological polar surface area (TPSA) is 78.8 Å². The largest absolute Gasteiger partial charge is 0.444 e. The van der Waals surface area contributed by atoms with Crippen LogP contribution in [-0.2, 0) is 16.0 Å². The third kappa shape index (κ3) is 3.19. The summed E-state index contributed by atoms with van der Waals surface area (Å²) in [5, 5.41) is 9.68. The lowest BCUT2D eigenvalue weighted by molar-refractivity contribution is 0.0131. The zero-order valence-electron chi connectivity index (χ0n) is 15.5. The van der Waals surface area contributed by atoms with E-state index in [1.165, 1.54) is 29.2 Å². The van der Waals surface area contributed by atoms with Crippen LogP contribution in [0.4, 0.5) is 9.18 Å². The predicted octanol–water partition coefficient (Wildman–Crippen LogP) is 4.56. The molecule has 0 saturated carbocycles. The number of rotatable bonds is 1. The van der Waals surface area contributed by atoms with Crippen molar-refractivity contribution in [2.75, 3.05) is 0 Å². The second kappa shape index (κ2) is 6.43. The van der Waals surface area contributed by atoms with Crippen molar-refractivity contribution in [3.63, 3.8) is 0 Å². The van der Waals surface area contributed by atoms with Crippen LogP contribution in [0.15, 0.2) is 24.3 Å². The van der Waals surface area contributed by atoms with Gasteiger partial charge in [0.15, 0.2) is 6.23 Å². The lowest BCUT2D eigenvalue weighted by Crippen LogP contribution is -2.40. The number of halogens is 2. The molecule has 2 atom stereocenters. The van der Waals surface area contributed by atoms with E-state index in [-0.39, 0.29) is 29.5 Å². The van der Waals surface area contributed by atoms with Gasteiger partial charge in [0.25, 0.3) is 0 Å². The van der Waals surface area contributed by atoms with Crippen molar-refractivity contribution in [2.45, 2.75) is 45.2 Å². The highest BCUT2D eigenvalue weighted by atomic mass is 35.5. The van der Waals surface area contributed by atoms with E-state index >= 15 is 0 Å². The molecule has 1 saturated heterocycles. The quantitative estimate of drug-likeness (QED) is 0.654. The van der Waals surface area contributed by atoms with Gasteiger partial charge in [-0.2, -0.15) is 5.26 Å². The zero-order chi connectivity index (χ0) is 20.2. The highest BCUT2D eigenvalue weighted by Gasteiger charge is 2.53. The number of hydrogen-bond donors (Lipinski definition) is 0. The highest BCUT2D eigenvalue weighted by molar-refractivity contribution is 6.31. The Morgan fingerprint density at radius 3 is 2.89 bits per heavy atom. The number of ether oxygens (including phenoxy) is 2. The molecular formula is C20H17ClFN3O3. The maximum absolute atomic E-state index is 14.4. The number of carbonyl (C=O) groups excluding carboxylic acids is 1. The van der Waals surface area contributed by atoms with E-state index in [2.05, 4.69) is 4.98 Å². The van der Waals surface area contributed by atoms with Crippen LogP contribution in [0.2, 0.25) is 5.02 Å². The number of amides is 1. The Morgan fingerprint density at radius 1 is 1.46 bits per heavy atom. The van der Waals surface area contributed by atoms with Gasteiger partial charge in [-0.1, -0.05) is 17.7 Å². The van der Waals surface area contributed by atoms with Gasteiger partial charge >= 0.3 is 6.09 Å². The summed E-state index contributed by atoms with van der Waals surface area (Å²) in [6.45, 7) is 5.46. The molecule has 2 aliphatic heterocycles. The Kier molecular flexibility index (Phi) is 4.29. The Bertz CT molecular complexity index is 1030. The summed E-state index contributed by atoms with van der Waals surface area (Å²) < 4.78 is 25.5. The van der Waals surface area contributed by atoms with Gasteiger partial charge in [-0.25, -0.2) is 9.18 Å². The fourth-order valence-electron chi connectivity index (χ4n) is 3.29. The van der Waals surface area contributed by atoms with Crippen LogP contribution in [0, 0.1) is 17.1 Å². The van der Waals surface area contributed by atoms with Crippen molar-refractivity contribution >= 4 is 17.7 Å². The van der Waals surface area contributed by atoms with E-state index in [9.17, 15) is 14.4 Å². The molecule has 1 amide bonds. The lowest BCUT2D eigenvalue weighted by atomic mass is 10.00. The molecule has 1 fully saturated rings. The zero-order valence-corrected chi connectivity index (χ0v) is 16.2. The van der Waals surface area contributed by atoms with Gasteiger partial charge in [-0.05, 0) is 39.0 Å². The SMILES string of the molecule is CC(C)(C)OC(=O)N1Cc2nc(-c3c(F)cccc3C#N)cc(Cl)c2C2OC21. The van der Waals surface area contributed by atoms with Gasteiger partial charge in [0.05, 0.1) is 40.2 Å². The first kappa shape index (κ1) is 18.7. The molecule has 1 aromatic heterocycles.